The molecule has 1 heterocycles. The predicted molar refractivity (Wildman–Crippen MR) is 104 cm³/mol. The van der Waals surface area contributed by atoms with Crippen molar-refractivity contribution in [3.05, 3.63) is 66.0 Å². The molecule has 0 aliphatic rings. The largest absolute Gasteiger partial charge is 0.497 e. The SMILES string of the molecule is COc1ccc(OC)c(Nc2ncc(C(=O)Nc3ccc(C#N)cc3)cn2)c1. The number of amides is 1. The third-order valence-corrected chi connectivity index (χ3v) is 3.84. The molecule has 0 spiro atoms. The van der Waals surface area contributed by atoms with Crippen molar-refractivity contribution in [3.8, 4) is 17.6 Å². The van der Waals surface area contributed by atoms with Gasteiger partial charge in [0.15, 0.2) is 0 Å². The first kappa shape index (κ1) is 18.7. The summed E-state index contributed by atoms with van der Waals surface area (Å²) < 4.78 is 10.5. The lowest BCUT2D eigenvalue weighted by Crippen LogP contribution is -2.13. The Balaban J connectivity index is 1.71. The van der Waals surface area contributed by atoms with Crippen LogP contribution in [0.1, 0.15) is 15.9 Å². The van der Waals surface area contributed by atoms with Gasteiger partial charge in [0.25, 0.3) is 5.91 Å². The highest BCUT2D eigenvalue weighted by atomic mass is 16.5. The number of benzene rings is 2. The fourth-order valence-corrected chi connectivity index (χ4v) is 2.37. The summed E-state index contributed by atoms with van der Waals surface area (Å²) in [4.78, 5) is 20.7. The van der Waals surface area contributed by atoms with Crippen molar-refractivity contribution in [1.82, 2.24) is 9.97 Å². The monoisotopic (exact) mass is 375 g/mol. The second-order valence-electron chi connectivity index (χ2n) is 5.63. The fraction of sp³-hybridized carbons (Fsp3) is 0.100. The van der Waals surface area contributed by atoms with E-state index in [9.17, 15) is 4.79 Å². The number of nitriles is 1. The molecule has 0 aliphatic heterocycles. The van der Waals surface area contributed by atoms with Crippen LogP contribution in [-0.2, 0) is 0 Å². The minimum Gasteiger partial charge on any atom is -0.497 e. The summed E-state index contributed by atoms with van der Waals surface area (Å²) in [6.45, 7) is 0. The first-order valence-corrected chi connectivity index (χ1v) is 8.25. The van der Waals surface area contributed by atoms with Gasteiger partial charge in [-0.25, -0.2) is 9.97 Å². The van der Waals surface area contributed by atoms with Crippen molar-refractivity contribution in [1.29, 1.82) is 5.26 Å². The van der Waals surface area contributed by atoms with Crippen molar-refractivity contribution in [2.75, 3.05) is 24.9 Å². The van der Waals surface area contributed by atoms with E-state index in [0.29, 0.717) is 39.9 Å². The average Bonchev–Trinajstić information content (AvgIpc) is 2.74. The topological polar surface area (TPSA) is 109 Å². The highest BCUT2D eigenvalue weighted by Gasteiger charge is 2.10. The van der Waals surface area contributed by atoms with E-state index >= 15 is 0 Å². The molecule has 0 fully saturated rings. The number of aromatic nitrogens is 2. The van der Waals surface area contributed by atoms with E-state index in [1.807, 2.05) is 6.07 Å². The van der Waals surface area contributed by atoms with Crippen LogP contribution in [0.4, 0.5) is 17.3 Å². The van der Waals surface area contributed by atoms with Gasteiger partial charge in [0, 0.05) is 24.1 Å². The summed E-state index contributed by atoms with van der Waals surface area (Å²) in [6, 6.07) is 13.9. The molecular weight excluding hydrogens is 358 g/mol. The lowest BCUT2D eigenvalue weighted by molar-refractivity contribution is 0.102. The molecule has 2 N–H and O–H groups in total. The zero-order chi connectivity index (χ0) is 19.9. The molecule has 140 valence electrons. The van der Waals surface area contributed by atoms with Gasteiger partial charge >= 0.3 is 0 Å². The number of rotatable bonds is 6. The maximum atomic E-state index is 12.3. The zero-order valence-corrected chi connectivity index (χ0v) is 15.3. The van der Waals surface area contributed by atoms with Crippen LogP contribution in [0.3, 0.4) is 0 Å². The van der Waals surface area contributed by atoms with Crippen molar-refractivity contribution in [3.63, 3.8) is 0 Å². The molecule has 0 bridgehead atoms. The van der Waals surface area contributed by atoms with E-state index in [2.05, 4.69) is 20.6 Å². The second kappa shape index (κ2) is 8.51. The Morgan fingerprint density at radius 1 is 1.04 bits per heavy atom. The zero-order valence-electron chi connectivity index (χ0n) is 15.3. The molecule has 3 rings (SSSR count). The number of anilines is 3. The number of methoxy groups -OCH3 is 2. The van der Waals surface area contributed by atoms with Crippen molar-refractivity contribution < 1.29 is 14.3 Å². The summed E-state index contributed by atoms with van der Waals surface area (Å²) in [6.07, 6.45) is 2.84. The Morgan fingerprint density at radius 3 is 2.36 bits per heavy atom. The Morgan fingerprint density at radius 2 is 1.75 bits per heavy atom. The maximum absolute atomic E-state index is 12.3. The van der Waals surface area contributed by atoms with Crippen molar-refractivity contribution >= 4 is 23.2 Å². The number of carbonyl (C=O) groups excluding carboxylic acids is 1. The maximum Gasteiger partial charge on any atom is 0.258 e. The normalized spacial score (nSPS) is 9.89. The number of hydrogen-bond donors (Lipinski definition) is 2. The first-order valence-electron chi connectivity index (χ1n) is 8.25. The van der Waals surface area contributed by atoms with Gasteiger partial charge in [-0.15, -0.1) is 0 Å². The van der Waals surface area contributed by atoms with Crippen LogP contribution < -0.4 is 20.1 Å². The van der Waals surface area contributed by atoms with Crippen molar-refractivity contribution in [2.45, 2.75) is 0 Å². The molecule has 3 aromatic rings. The smallest absolute Gasteiger partial charge is 0.258 e. The molecule has 0 aliphatic carbocycles. The number of hydrogen-bond acceptors (Lipinski definition) is 7. The molecule has 0 saturated heterocycles. The number of nitrogens with one attached hydrogen (secondary N) is 2. The van der Waals surface area contributed by atoms with Gasteiger partial charge in [0.1, 0.15) is 11.5 Å². The van der Waals surface area contributed by atoms with Gasteiger partial charge in [-0.1, -0.05) is 0 Å². The lowest BCUT2D eigenvalue weighted by atomic mass is 10.2. The molecule has 8 heteroatoms. The number of carbonyl (C=O) groups is 1. The van der Waals surface area contributed by atoms with Crippen LogP contribution in [0.5, 0.6) is 11.5 Å². The first-order chi connectivity index (χ1) is 13.6. The average molecular weight is 375 g/mol. The summed E-state index contributed by atoms with van der Waals surface area (Å²) in [7, 11) is 3.13. The highest BCUT2D eigenvalue weighted by Crippen LogP contribution is 2.30. The molecule has 0 atom stereocenters. The summed E-state index contributed by atoms with van der Waals surface area (Å²) in [5.41, 5.74) is 2.03. The quantitative estimate of drug-likeness (QED) is 0.680. The molecule has 28 heavy (non-hydrogen) atoms. The van der Waals surface area contributed by atoms with E-state index < -0.39 is 0 Å². The highest BCUT2D eigenvalue weighted by molar-refractivity contribution is 6.03. The molecule has 8 nitrogen and oxygen atoms in total. The molecule has 1 aromatic heterocycles. The van der Waals surface area contributed by atoms with Gasteiger partial charge in [-0.3, -0.25) is 4.79 Å². The Bertz CT molecular complexity index is 1010. The third kappa shape index (κ3) is 4.34. The molecule has 0 saturated carbocycles. The van der Waals surface area contributed by atoms with Crippen LogP contribution in [0.25, 0.3) is 0 Å². The molecular formula is C20H17N5O3. The Labute approximate surface area is 161 Å². The van der Waals surface area contributed by atoms with E-state index in [1.54, 1.807) is 56.7 Å². The minimum absolute atomic E-state index is 0.299. The number of ether oxygens (including phenoxy) is 2. The Hall–Kier alpha value is -4.12. The van der Waals surface area contributed by atoms with E-state index in [0.717, 1.165) is 0 Å². The van der Waals surface area contributed by atoms with E-state index in [1.165, 1.54) is 12.4 Å². The van der Waals surface area contributed by atoms with Crippen LogP contribution in [0, 0.1) is 11.3 Å². The lowest BCUT2D eigenvalue weighted by Gasteiger charge is -2.11. The van der Waals surface area contributed by atoms with Crippen molar-refractivity contribution in [2.24, 2.45) is 0 Å². The minimum atomic E-state index is -0.352. The standard InChI is InChI=1S/C20H17N5O3/c1-27-16-7-8-18(28-2)17(9-16)25-20-22-11-14(12-23-20)19(26)24-15-5-3-13(10-21)4-6-15/h3-9,11-12H,1-2H3,(H,24,26)(H,22,23,25). The predicted octanol–water partition coefficient (Wildman–Crippen LogP) is 3.36. The summed E-state index contributed by atoms with van der Waals surface area (Å²) >= 11 is 0. The van der Waals surface area contributed by atoms with Gasteiger partial charge < -0.3 is 20.1 Å². The van der Waals surface area contributed by atoms with Gasteiger partial charge in [-0.05, 0) is 36.4 Å². The number of nitrogens with zero attached hydrogens (tertiary/aromatic N) is 3. The molecule has 2 aromatic carbocycles. The van der Waals surface area contributed by atoms with Gasteiger partial charge in [-0.2, -0.15) is 5.26 Å². The fourth-order valence-electron chi connectivity index (χ4n) is 2.37. The van der Waals surface area contributed by atoms with Gasteiger partial charge in [0.05, 0.1) is 37.1 Å². The molecule has 1 amide bonds. The van der Waals surface area contributed by atoms with Crippen LogP contribution in [0.15, 0.2) is 54.9 Å². The Kier molecular flexibility index (Phi) is 5.67. The summed E-state index contributed by atoms with van der Waals surface area (Å²) in [5.74, 6) is 1.21. The van der Waals surface area contributed by atoms with Crippen LogP contribution >= 0.6 is 0 Å². The van der Waals surface area contributed by atoms with Crippen LogP contribution in [0.2, 0.25) is 0 Å². The van der Waals surface area contributed by atoms with E-state index in [-0.39, 0.29) is 5.91 Å². The third-order valence-electron chi connectivity index (χ3n) is 3.84. The van der Waals surface area contributed by atoms with Crippen LogP contribution in [-0.4, -0.2) is 30.1 Å². The second-order valence-corrected chi connectivity index (χ2v) is 5.63. The molecule has 0 unspecified atom stereocenters. The summed E-state index contributed by atoms with van der Waals surface area (Å²) in [5, 5.41) is 14.6. The molecule has 0 radical (unpaired) electrons. The van der Waals surface area contributed by atoms with Gasteiger partial charge in [0.2, 0.25) is 5.95 Å². The van der Waals surface area contributed by atoms with E-state index in [4.69, 9.17) is 14.7 Å².